The van der Waals surface area contributed by atoms with Gasteiger partial charge in [0.25, 0.3) is 15.9 Å². The summed E-state index contributed by atoms with van der Waals surface area (Å²) in [6.07, 6.45) is -0.603. The smallest absolute Gasteiger partial charge is 0.461 e. The Morgan fingerprint density at radius 1 is 1.03 bits per heavy atom. The van der Waals surface area contributed by atoms with Gasteiger partial charge in [-0.1, -0.05) is 23.8 Å². The van der Waals surface area contributed by atoms with Gasteiger partial charge in [-0.3, -0.25) is 9.59 Å². The predicted molar refractivity (Wildman–Crippen MR) is 123 cm³/mol. The van der Waals surface area contributed by atoms with Crippen LogP contribution in [0, 0.1) is 6.92 Å². The number of nitrogens with zero attached hydrogens (tertiary/aromatic N) is 2. The molecule has 200 valence electrons. The van der Waals surface area contributed by atoms with Crippen LogP contribution in [0.15, 0.2) is 47.4 Å². The van der Waals surface area contributed by atoms with Crippen LogP contribution in [0.2, 0.25) is 0 Å². The monoisotopic (exact) mass is 562 g/mol. The average molecular weight is 563 g/mol. The fraction of sp³-hybridized carbons (Fsp3) is 0.364. The number of carbonyl (C=O) groups excluding carboxylic acids is 2. The molecule has 4 rings (SSSR count). The molecular weight excluding hydrogens is 541 g/mol. The van der Waals surface area contributed by atoms with Crippen molar-refractivity contribution in [2.75, 3.05) is 18.0 Å². The third-order valence-electron chi connectivity index (χ3n) is 5.93. The first-order chi connectivity index (χ1) is 17.1. The van der Waals surface area contributed by atoms with Crippen LogP contribution in [0.25, 0.3) is 0 Å². The average Bonchev–Trinajstić information content (AvgIpc) is 3.12. The van der Waals surface area contributed by atoms with Crippen molar-refractivity contribution < 1.29 is 48.5 Å². The number of sulfonamides is 1. The molecule has 1 fully saturated rings. The first-order valence-electron chi connectivity index (χ1n) is 10.8. The van der Waals surface area contributed by atoms with Crippen molar-refractivity contribution in [1.29, 1.82) is 0 Å². The number of hydrogen-bond acceptors (Lipinski definition) is 9. The number of halogens is 3. The van der Waals surface area contributed by atoms with Crippen molar-refractivity contribution in [1.82, 2.24) is 4.31 Å². The number of carbonyl (C=O) groups is 2. The van der Waals surface area contributed by atoms with E-state index in [1.54, 1.807) is 6.92 Å². The van der Waals surface area contributed by atoms with E-state index in [-0.39, 0.29) is 23.5 Å². The van der Waals surface area contributed by atoms with E-state index in [1.807, 2.05) is 0 Å². The van der Waals surface area contributed by atoms with E-state index in [9.17, 15) is 39.6 Å². The number of fused-ring (bicyclic) bond motifs is 3. The van der Waals surface area contributed by atoms with Crippen LogP contribution in [-0.2, 0) is 29.7 Å². The predicted octanol–water partition coefficient (Wildman–Crippen LogP) is 2.58. The van der Waals surface area contributed by atoms with E-state index in [0.717, 1.165) is 11.6 Å². The molecule has 1 saturated heterocycles. The zero-order valence-corrected chi connectivity index (χ0v) is 21.1. The van der Waals surface area contributed by atoms with Crippen LogP contribution in [0.3, 0.4) is 0 Å². The lowest BCUT2D eigenvalue weighted by Crippen LogP contribution is -2.43. The Morgan fingerprint density at radius 3 is 2.27 bits per heavy atom. The van der Waals surface area contributed by atoms with Gasteiger partial charge in [-0.25, -0.2) is 12.7 Å². The van der Waals surface area contributed by atoms with Crippen LogP contribution in [-0.4, -0.2) is 63.8 Å². The third kappa shape index (κ3) is 4.97. The summed E-state index contributed by atoms with van der Waals surface area (Å²) in [5.41, 5.74) is -5.79. The molecule has 0 aromatic heterocycles. The van der Waals surface area contributed by atoms with E-state index in [4.69, 9.17) is 4.74 Å². The summed E-state index contributed by atoms with van der Waals surface area (Å²) in [5.74, 6) is -2.85. The maximum Gasteiger partial charge on any atom is 0.534 e. The van der Waals surface area contributed by atoms with Crippen LogP contribution >= 0.6 is 0 Å². The van der Waals surface area contributed by atoms with Gasteiger partial charge in [0.05, 0.1) is 29.7 Å². The van der Waals surface area contributed by atoms with Crippen molar-refractivity contribution in [3.8, 4) is 5.75 Å². The number of benzene rings is 2. The summed E-state index contributed by atoms with van der Waals surface area (Å²) in [7, 11) is -10.7. The van der Waals surface area contributed by atoms with E-state index in [0.29, 0.717) is 4.31 Å². The van der Waals surface area contributed by atoms with E-state index < -0.39 is 67.5 Å². The molecule has 0 saturated carbocycles. The molecule has 0 radical (unpaired) electrons. The molecule has 15 heteroatoms. The van der Waals surface area contributed by atoms with Gasteiger partial charge in [-0.15, -0.1) is 0 Å². The lowest BCUT2D eigenvalue weighted by atomic mass is 10.1. The van der Waals surface area contributed by atoms with Gasteiger partial charge in [0.2, 0.25) is 0 Å². The number of hydrogen-bond donors (Lipinski definition) is 0. The second kappa shape index (κ2) is 9.20. The number of amides is 1. The second-order valence-electron chi connectivity index (χ2n) is 8.56. The largest absolute Gasteiger partial charge is 0.534 e. The summed E-state index contributed by atoms with van der Waals surface area (Å²) in [6, 6.07) is 8.15. The highest BCUT2D eigenvalue weighted by molar-refractivity contribution is 7.89. The molecule has 2 aromatic carbocycles. The Balaban J connectivity index is 1.88. The Morgan fingerprint density at radius 2 is 1.68 bits per heavy atom. The van der Waals surface area contributed by atoms with Crippen molar-refractivity contribution in [3.05, 3.63) is 53.6 Å². The molecule has 2 aliphatic heterocycles. The van der Waals surface area contributed by atoms with Crippen LogP contribution in [0.5, 0.6) is 5.75 Å². The van der Waals surface area contributed by atoms with Crippen molar-refractivity contribution in [2.24, 2.45) is 0 Å². The highest BCUT2D eigenvalue weighted by Gasteiger charge is 2.50. The third-order valence-corrected chi connectivity index (χ3v) is 8.66. The first kappa shape index (κ1) is 26.7. The minimum atomic E-state index is -6.19. The molecule has 2 atom stereocenters. The number of anilines is 1. The maximum absolute atomic E-state index is 13.6. The molecule has 37 heavy (non-hydrogen) atoms. The number of rotatable bonds is 5. The lowest BCUT2D eigenvalue weighted by molar-refractivity contribution is -0.145. The summed E-state index contributed by atoms with van der Waals surface area (Å²) in [6.45, 7) is 2.45. The Labute approximate surface area is 210 Å². The van der Waals surface area contributed by atoms with Gasteiger partial charge < -0.3 is 13.8 Å². The Bertz CT molecular complexity index is 1460. The summed E-state index contributed by atoms with van der Waals surface area (Å²) >= 11 is 0. The standard InChI is InChI=1S/C22H21F3N2O8S2/c1-13-6-8-17(9-7-13)36(30,31)27-11-15-10-16(34-14(2)28)12-26(15)18-4-3-5-19(20(18)21(27)29)35-37(32,33)22(23,24)25/h3-9,15-16H,10-12H2,1-2H3/t15-,16+/m0/s1. The summed E-state index contributed by atoms with van der Waals surface area (Å²) in [5, 5.41) is 0. The van der Waals surface area contributed by atoms with Gasteiger partial charge in [0.15, 0.2) is 5.75 Å². The molecular formula is C22H21F3N2O8S2. The molecule has 2 aromatic rings. The highest BCUT2D eigenvalue weighted by Crippen LogP contribution is 2.41. The number of ether oxygens (including phenoxy) is 1. The minimum absolute atomic E-state index is 0.0155. The molecule has 10 nitrogen and oxygen atoms in total. The van der Waals surface area contributed by atoms with Crippen LogP contribution in [0.4, 0.5) is 18.9 Å². The minimum Gasteiger partial charge on any atom is -0.461 e. The van der Waals surface area contributed by atoms with Gasteiger partial charge >= 0.3 is 21.6 Å². The SMILES string of the molecule is CC(=O)O[C@@H]1C[C@H]2CN(S(=O)(=O)c3ccc(C)cc3)C(=O)c3c(OS(=O)(=O)C(F)(F)F)cccc3N2C1. The Hall–Kier alpha value is -3.33. The zero-order valence-electron chi connectivity index (χ0n) is 19.4. The number of esters is 1. The van der Waals surface area contributed by atoms with E-state index >= 15 is 0 Å². The van der Waals surface area contributed by atoms with Gasteiger partial charge in [0.1, 0.15) is 11.7 Å². The Kier molecular flexibility index (Phi) is 6.65. The molecule has 2 heterocycles. The quantitative estimate of drug-likeness (QED) is 0.307. The van der Waals surface area contributed by atoms with Crippen molar-refractivity contribution in [3.63, 3.8) is 0 Å². The molecule has 0 aliphatic carbocycles. The fourth-order valence-corrected chi connectivity index (χ4v) is 6.20. The molecule has 0 bridgehead atoms. The molecule has 1 amide bonds. The summed E-state index contributed by atoms with van der Waals surface area (Å²) < 4.78 is 99.9. The molecule has 0 unspecified atom stereocenters. The van der Waals surface area contributed by atoms with Crippen LogP contribution < -0.4 is 9.08 Å². The van der Waals surface area contributed by atoms with Crippen molar-refractivity contribution >= 4 is 37.7 Å². The van der Waals surface area contributed by atoms with Gasteiger partial charge in [0, 0.05) is 13.3 Å². The van der Waals surface area contributed by atoms with Gasteiger partial charge in [-0.05, 0) is 31.2 Å². The molecule has 0 spiro atoms. The second-order valence-corrected chi connectivity index (χ2v) is 12.0. The maximum atomic E-state index is 13.6. The van der Waals surface area contributed by atoms with Gasteiger partial charge in [-0.2, -0.15) is 21.6 Å². The van der Waals surface area contributed by atoms with E-state index in [2.05, 4.69) is 4.18 Å². The molecule has 0 N–H and O–H groups in total. The lowest BCUT2D eigenvalue weighted by Gasteiger charge is -2.26. The first-order valence-corrected chi connectivity index (χ1v) is 13.7. The summed E-state index contributed by atoms with van der Waals surface area (Å²) in [4.78, 5) is 26.4. The zero-order chi connectivity index (χ0) is 27.3. The topological polar surface area (TPSA) is 127 Å². The normalized spacial score (nSPS) is 20.2. The van der Waals surface area contributed by atoms with Crippen molar-refractivity contribution in [2.45, 2.75) is 42.8 Å². The van der Waals surface area contributed by atoms with E-state index in [1.165, 1.54) is 48.2 Å². The van der Waals surface area contributed by atoms with Crippen LogP contribution in [0.1, 0.15) is 29.3 Å². The number of alkyl halides is 3. The number of aryl methyl sites for hydroxylation is 1. The highest BCUT2D eigenvalue weighted by atomic mass is 32.2. The molecule has 2 aliphatic rings. The fourth-order valence-electron chi connectivity index (χ4n) is 4.31.